The maximum atomic E-state index is 9.42. The van der Waals surface area contributed by atoms with Gasteiger partial charge in [-0.3, -0.25) is 0 Å². The van der Waals surface area contributed by atoms with Crippen molar-refractivity contribution in [3.8, 4) is 11.8 Å². The van der Waals surface area contributed by atoms with Crippen molar-refractivity contribution in [1.29, 1.82) is 5.26 Å². The Labute approximate surface area is 123 Å². The first-order valence-electron chi connectivity index (χ1n) is 6.89. The highest BCUT2D eigenvalue weighted by Gasteiger charge is 2.23. The van der Waals surface area contributed by atoms with Crippen LogP contribution < -0.4 is 10.6 Å². The average molecular weight is 283 g/mol. The van der Waals surface area contributed by atoms with Crippen LogP contribution in [-0.4, -0.2) is 36.1 Å². The van der Waals surface area contributed by atoms with Crippen molar-refractivity contribution in [1.82, 2.24) is 9.78 Å². The van der Waals surface area contributed by atoms with E-state index in [0.29, 0.717) is 30.4 Å². The number of nitrogen functional groups attached to an aromatic ring is 1. The third-order valence-corrected chi connectivity index (χ3v) is 3.67. The zero-order chi connectivity index (χ0) is 14.8. The molecule has 2 N–H and O–H groups in total. The van der Waals surface area contributed by atoms with E-state index in [-0.39, 0.29) is 0 Å². The second-order valence-corrected chi connectivity index (χ2v) is 4.99. The normalized spacial score (nSPS) is 15.0. The molecule has 108 valence electrons. The number of ether oxygens (including phenoxy) is 1. The number of anilines is 2. The number of nitriles is 1. The first kappa shape index (κ1) is 13.5. The van der Waals surface area contributed by atoms with Gasteiger partial charge in [-0.15, -0.1) is 5.10 Å². The van der Waals surface area contributed by atoms with E-state index in [2.05, 4.69) is 11.2 Å². The van der Waals surface area contributed by atoms with Crippen LogP contribution in [0.2, 0.25) is 0 Å². The van der Waals surface area contributed by atoms with Crippen LogP contribution in [0.5, 0.6) is 0 Å². The van der Waals surface area contributed by atoms with Gasteiger partial charge in [-0.25, -0.2) is 4.68 Å². The highest BCUT2D eigenvalue weighted by Crippen LogP contribution is 2.28. The van der Waals surface area contributed by atoms with Crippen LogP contribution in [0.3, 0.4) is 0 Å². The average Bonchev–Trinajstić information content (AvgIpc) is 2.85. The Hall–Kier alpha value is -2.52. The molecule has 0 bridgehead atoms. The van der Waals surface area contributed by atoms with Gasteiger partial charge in [-0.2, -0.15) is 5.26 Å². The molecule has 0 amide bonds. The van der Waals surface area contributed by atoms with Crippen molar-refractivity contribution < 1.29 is 4.74 Å². The Balaban J connectivity index is 2.09. The van der Waals surface area contributed by atoms with Gasteiger partial charge in [0.05, 0.1) is 18.9 Å². The lowest BCUT2D eigenvalue weighted by Gasteiger charge is -2.26. The molecule has 1 saturated heterocycles. The van der Waals surface area contributed by atoms with E-state index in [1.54, 1.807) is 4.68 Å². The van der Waals surface area contributed by atoms with Gasteiger partial charge in [0.1, 0.15) is 17.5 Å². The minimum atomic E-state index is 0.383. The van der Waals surface area contributed by atoms with E-state index in [1.807, 2.05) is 36.1 Å². The SMILES string of the molecule is Cc1ccccc1-n1nc(N2CCOCC2)c(C#N)c1N. The molecule has 1 aliphatic heterocycles. The number of aryl methyl sites for hydroxylation is 1. The Morgan fingerprint density at radius 3 is 2.67 bits per heavy atom. The Morgan fingerprint density at radius 2 is 2.00 bits per heavy atom. The lowest BCUT2D eigenvalue weighted by atomic mass is 10.2. The number of benzene rings is 1. The van der Waals surface area contributed by atoms with Crippen molar-refractivity contribution in [2.24, 2.45) is 0 Å². The van der Waals surface area contributed by atoms with Crippen LogP contribution in [0.4, 0.5) is 11.6 Å². The van der Waals surface area contributed by atoms with E-state index < -0.39 is 0 Å². The van der Waals surface area contributed by atoms with E-state index in [0.717, 1.165) is 24.3 Å². The van der Waals surface area contributed by atoms with E-state index in [1.165, 1.54) is 0 Å². The number of rotatable bonds is 2. The minimum absolute atomic E-state index is 0.383. The molecule has 2 heterocycles. The Bertz CT molecular complexity index is 695. The largest absolute Gasteiger partial charge is 0.382 e. The molecule has 21 heavy (non-hydrogen) atoms. The lowest BCUT2D eigenvalue weighted by molar-refractivity contribution is 0.122. The van der Waals surface area contributed by atoms with Crippen LogP contribution in [0.1, 0.15) is 11.1 Å². The fourth-order valence-electron chi connectivity index (χ4n) is 2.51. The third kappa shape index (κ3) is 2.32. The number of aromatic nitrogens is 2. The molecular formula is C15H17N5O. The predicted octanol–water partition coefficient (Wildman–Crippen LogP) is 1.47. The van der Waals surface area contributed by atoms with E-state index >= 15 is 0 Å². The zero-order valence-corrected chi connectivity index (χ0v) is 11.9. The molecule has 2 aromatic rings. The summed E-state index contributed by atoms with van der Waals surface area (Å²) in [7, 11) is 0. The van der Waals surface area contributed by atoms with Crippen LogP contribution >= 0.6 is 0 Å². The van der Waals surface area contributed by atoms with Gasteiger partial charge in [0.25, 0.3) is 0 Å². The fourth-order valence-corrected chi connectivity index (χ4v) is 2.51. The molecule has 1 fully saturated rings. The quantitative estimate of drug-likeness (QED) is 0.902. The number of hydrogen-bond donors (Lipinski definition) is 1. The molecule has 1 aromatic carbocycles. The van der Waals surface area contributed by atoms with Crippen LogP contribution in [-0.2, 0) is 4.74 Å². The molecular weight excluding hydrogens is 266 g/mol. The van der Waals surface area contributed by atoms with Crippen LogP contribution in [0.25, 0.3) is 5.69 Å². The van der Waals surface area contributed by atoms with Crippen molar-refractivity contribution >= 4 is 11.6 Å². The third-order valence-electron chi connectivity index (χ3n) is 3.67. The maximum absolute atomic E-state index is 9.42. The number of hydrogen-bond acceptors (Lipinski definition) is 5. The summed E-state index contributed by atoms with van der Waals surface area (Å²) in [4.78, 5) is 2.05. The van der Waals surface area contributed by atoms with Crippen LogP contribution in [0, 0.1) is 18.3 Å². The van der Waals surface area contributed by atoms with Crippen LogP contribution in [0.15, 0.2) is 24.3 Å². The van der Waals surface area contributed by atoms with Gasteiger partial charge in [-0.05, 0) is 18.6 Å². The van der Waals surface area contributed by atoms with Crippen molar-refractivity contribution in [2.45, 2.75) is 6.92 Å². The zero-order valence-electron chi connectivity index (χ0n) is 11.9. The predicted molar refractivity (Wildman–Crippen MR) is 80.5 cm³/mol. The number of nitrogens with two attached hydrogens (primary N) is 1. The second-order valence-electron chi connectivity index (χ2n) is 4.99. The molecule has 1 aromatic heterocycles. The van der Waals surface area contributed by atoms with Gasteiger partial charge in [0.2, 0.25) is 0 Å². The lowest BCUT2D eigenvalue weighted by Crippen LogP contribution is -2.37. The fraction of sp³-hybridized carbons (Fsp3) is 0.333. The summed E-state index contributed by atoms with van der Waals surface area (Å²) < 4.78 is 7.00. The molecule has 0 saturated carbocycles. The number of morpholine rings is 1. The second kappa shape index (κ2) is 5.46. The molecule has 6 heteroatoms. The summed E-state index contributed by atoms with van der Waals surface area (Å²) >= 11 is 0. The molecule has 0 atom stereocenters. The smallest absolute Gasteiger partial charge is 0.171 e. The Morgan fingerprint density at radius 1 is 1.29 bits per heavy atom. The van der Waals surface area contributed by atoms with Gasteiger partial charge in [0.15, 0.2) is 5.82 Å². The topological polar surface area (TPSA) is 80.1 Å². The standard InChI is InChI=1S/C15H17N5O/c1-11-4-2-3-5-13(11)20-14(17)12(10-16)15(18-20)19-6-8-21-9-7-19/h2-5H,6-9,17H2,1H3. The van der Waals surface area contributed by atoms with Crippen molar-refractivity contribution in [3.05, 3.63) is 35.4 Å². The molecule has 0 aliphatic carbocycles. The molecule has 6 nitrogen and oxygen atoms in total. The summed E-state index contributed by atoms with van der Waals surface area (Å²) in [6, 6.07) is 10.0. The molecule has 0 spiro atoms. The molecule has 0 radical (unpaired) electrons. The Kier molecular flexibility index (Phi) is 3.50. The summed E-state index contributed by atoms with van der Waals surface area (Å²) in [6.45, 7) is 4.72. The monoisotopic (exact) mass is 283 g/mol. The minimum Gasteiger partial charge on any atom is -0.382 e. The summed E-state index contributed by atoms with van der Waals surface area (Å²) in [5, 5.41) is 14.0. The highest BCUT2D eigenvalue weighted by atomic mass is 16.5. The molecule has 1 aliphatic rings. The molecule has 3 rings (SSSR count). The summed E-state index contributed by atoms with van der Waals surface area (Å²) in [6.07, 6.45) is 0. The first-order chi connectivity index (χ1) is 10.2. The van der Waals surface area contributed by atoms with E-state index in [4.69, 9.17) is 10.5 Å². The van der Waals surface area contributed by atoms with Crippen molar-refractivity contribution in [3.63, 3.8) is 0 Å². The number of nitrogens with zero attached hydrogens (tertiary/aromatic N) is 4. The highest BCUT2D eigenvalue weighted by molar-refractivity contribution is 5.67. The van der Waals surface area contributed by atoms with Gasteiger partial charge in [0, 0.05) is 13.1 Å². The van der Waals surface area contributed by atoms with Gasteiger partial charge in [-0.1, -0.05) is 18.2 Å². The van der Waals surface area contributed by atoms with Crippen molar-refractivity contribution in [2.75, 3.05) is 36.9 Å². The molecule has 0 unspecified atom stereocenters. The number of para-hydroxylation sites is 1. The maximum Gasteiger partial charge on any atom is 0.171 e. The summed E-state index contributed by atoms with van der Waals surface area (Å²) in [5.41, 5.74) is 8.53. The summed E-state index contributed by atoms with van der Waals surface area (Å²) in [5.74, 6) is 1.02. The first-order valence-corrected chi connectivity index (χ1v) is 6.89. The van der Waals surface area contributed by atoms with Gasteiger partial charge < -0.3 is 15.4 Å². The van der Waals surface area contributed by atoms with Gasteiger partial charge >= 0.3 is 0 Å². The van der Waals surface area contributed by atoms with E-state index in [9.17, 15) is 5.26 Å².